The second-order valence-electron chi connectivity index (χ2n) is 6.57. The van der Waals surface area contributed by atoms with Crippen LogP contribution in [-0.4, -0.2) is 10.5 Å². The summed E-state index contributed by atoms with van der Waals surface area (Å²) in [6, 6.07) is 12.5. The van der Waals surface area contributed by atoms with Crippen molar-refractivity contribution in [1.82, 2.24) is 4.57 Å². The Balaban J connectivity index is 1.99. The van der Waals surface area contributed by atoms with Crippen LogP contribution in [0.25, 0.3) is 10.2 Å². The van der Waals surface area contributed by atoms with Gasteiger partial charge in [0.2, 0.25) is 0 Å². The van der Waals surface area contributed by atoms with Crippen LogP contribution in [0.4, 0.5) is 0 Å². The van der Waals surface area contributed by atoms with Gasteiger partial charge in [0.1, 0.15) is 0 Å². The number of allylic oxidation sites excluding steroid dienone is 1. The lowest BCUT2D eigenvalue weighted by Crippen LogP contribution is -2.17. The molecular weight excluding hydrogens is 340 g/mol. The number of amides is 1. The number of hydrogen-bond acceptors (Lipinski definition) is 2. The summed E-state index contributed by atoms with van der Waals surface area (Å²) in [5.74, 6) is -0.118. The maximum absolute atomic E-state index is 12.5. The summed E-state index contributed by atoms with van der Waals surface area (Å²) in [5.41, 5.74) is 5.81. The van der Waals surface area contributed by atoms with Crippen LogP contribution < -0.4 is 4.80 Å². The highest BCUT2D eigenvalue weighted by Gasteiger charge is 2.10. The van der Waals surface area contributed by atoms with E-state index in [1.165, 1.54) is 21.4 Å². The third-order valence-corrected chi connectivity index (χ3v) is 5.66. The standard InChI is InChI=1S/C22H24N2OS/c1-5-11-24-19-13-15(3)12-16(4)21(19)26-22(24)23-20(25)14-18-9-7-17(6-2)8-10-18/h5,7-10,12-13H,1,6,11,14H2,2-4H3. The molecule has 26 heavy (non-hydrogen) atoms. The van der Waals surface area contributed by atoms with Gasteiger partial charge in [-0.2, -0.15) is 4.99 Å². The summed E-state index contributed by atoms with van der Waals surface area (Å²) < 4.78 is 3.25. The Hall–Kier alpha value is -2.46. The molecule has 4 heteroatoms. The van der Waals surface area contributed by atoms with Gasteiger partial charge in [-0.1, -0.05) is 54.7 Å². The number of aromatic nitrogens is 1. The lowest BCUT2D eigenvalue weighted by atomic mass is 10.1. The van der Waals surface area contributed by atoms with E-state index in [1.807, 2.05) is 18.2 Å². The normalized spacial score (nSPS) is 11.9. The van der Waals surface area contributed by atoms with Gasteiger partial charge in [-0.05, 0) is 48.6 Å². The van der Waals surface area contributed by atoms with Gasteiger partial charge in [0.05, 0.1) is 16.6 Å². The summed E-state index contributed by atoms with van der Waals surface area (Å²) in [6.07, 6.45) is 3.17. The van der Waals surface area contributed by atoms with E-state index in [4.69, 9.17) is 0 Å². The van der Waals surface area contributed by atoms with Gasteiger partial charge in [0.15, 0.2) is 4.80 Å². The maximum atomic E-state index is 12.5. The first-order valence-corrected chi connectivity index (χ1v) is 9.70. The van der Waals surface area contributed by atoms with Crippen LogP contribution in [0.2, 0.25) is 0 Å². The van der Waals surface area contributed by atoms with E-state index in [0.717, 1.165) is 22.3 Å². The van der Waals surface area contributed by atoms with Crippen molar-refractivity contribution in [2.75, 3.05) is 0 Å². The SMILES string of the molecule is C=CCn1c(=NC(=O)Cc2ccc(CC)cc2)sc2c(C)cc(C)cc21. The van der Waals surface area contributed by atoms with E-state index in [-0.39, 0.29) is 5.91 Å². The predicted molar refractivity (Wildman–Crippen MR) is 110 cm³/mol. The average molecular weight is 365 g/mol. The van der Waals surface area contributed by atoms with Crippen LogP contribution in [0.5, 0.6) is 0 Å². The molecule has 0 aliphatic heterocycles. The van der Waals surface area contributed by atoms with Gasteiger partial charge in [0.25, 0.3) is 5.91 Å². The second-order valence-corrected chi connectivity index (χ2v) is 7.54. The van der Waals surface area contributed by atoms with Crippen molar-refractivity contribution in [1.29, 1.82) is 0 Å². The van der Waals surface area contributed by atoms with Crippen molar-refractivity contribution in [3.8, 4) is 0 Å². The number of nitrogens with zero attached hydrogens (tertiary/aromatic N) is 2. The van der Waals surface area contributed by atoms with Crippen molar-refractivity contribution < 1.29 is 4.79 Å². The van der Waals surface area contributed by atoms with E-state index in [2.05, 4.69) is 61.2 Å². The molecule has 0 saturated carbocycles. The molecule has 3 aromatic rings. The van der Waals surface area contributed by atoms with Gasteiger partial charge in [-0.25, -0.2) is 0 Å². The Morgan fingerprint density at radius 2 is 1.88 bits per heavy atom. The molecule has 0 N–H and O–H groups in total. The highest BCUT2D eigenvalue weighted by atomic mass is 32.1. The lowest BCUT2D eigenvalue weighted by molar-refractivity contribution is -0.117. The number of aryl methyl sites for hydroxylation is 3. The van der Waals surface area contributed by atoms with E-state index in [1.54, 1.807) is 11.3 Å². The topological polar surface area (TPSA) is 34.4 Å². The maximum Gasteiger partial charge on any atom is 0.252 e. The Morgan fingerprint density at radius 1 is 1.19 bits per heavy atom. The van der Waals surface area contributed by atoms with Crippen LogP contribution in [0, 0.1) is 13.8 Å². The molecule has 1 amide bonds. The van der Waals surface area contributed by atoms with E-state index < -0.39 is 0 Å². The van der Waals surface area contributed by atoms with Crippen LogP contribution in [0.3, 0.4) is 0 Å². The third kappa shape index (κ3) is 3.86. The van der Waals surface area contributed by atoms with Crippen molar-refractivity contribution >= 4 is 27.5 Å². The van der Waals surface area contributed by atoms with Gasteiger partial charge in [0, 0.05) is 6.54 Å². The zero-order valence-corrected chi connectivity index (χ0v) is 16.4. The highest BCUT2D eigenvalue weighted by Crippen LogP contribution is 2.23. The fourth-order valence-electron chi connectivity index (χ4n) is 3.12. The van der Waals surface area contributed by atoms with E-state index in [0.29, 0.717) is 13.0 Å². The molecule has 0 aliphatic rings. The minimum Gasteiger partial charge on any atom is -0.312 e. The fraction of sp³-hybridized carbons (Fsp3) is 0.273. The van der Waals surface area contributed by atoms with E-state index in [9.17, 15) is 4.79 Å². The van der Waals surface area contributed by atoms with Gasteiger partial charge < -0.3 is 4.57 Å². The zero-order valence-electron chi connectivity index (χ0n) is 15.6. The van der Waals surface area contributed by atoms with Crippen molar-refractivity contribution in [3.05, 3.63) is 76.1 Å². The number of fused-ring (bicyclic) bond motifs is 1. The average Bonchev–Trinajstić information content (AvgIpc) is 2.94. The van der Waals surface area contributed by atoms with Crippen LogP contribution in [-0.2, 0) is 24.2 Å². The van der Waals surface area contributed by atoms with E-state index >= 15 is 0 Å². The van der Waals surface area contributed by atoms with Gasteiger partial charge >= 0.3 is 0 Å². The number of benzene rings is 2. The third-order valence-electron chi connectivity index (χ3n) is 4.43. The predicted octanol–water partition coefficient (Wildman–Crippen LogP) is 4.74. The molecule has 0 bridgehead atoms. The number of thiazole rings is 1. The summed E-state index contributed by atoms with van der Waals surface area (Å²) in [5, 5.41) is 0. The molecule has 0 spiro atoms. The van der Waals surface area contributed by atoms with Crippen molar-refractivity contribution in [2.24, 2.45) is 4.99 Å². The number of hydrogen-bond donors (Lipinski definition) is 0. The molecule has 134 valence electrons. The first-order chi connectivity index (χ1) is 12.5. The Kier molecular flexibility index (Phi) is 5.52. The van der Waals surface area contributed by atoms with Crippen molar-refractivity contribution in [2.45, 2.75) is 40.2 Å². The van der Waals surface area contributed by atoms with Crippen LogP contribution in [0.15, 0.2) is 54.0 Å². The second kappa shape index (κ2) is 7.83. The smallest absolute Gasteiger partial charge is 0.252 e. The zero-order chi connectivity index (χ0) is 18.7. The molecule has 3 rings (SSSR count). The first kappa shape index (κ1) is 18.3. The van der Waals surface area contributed by atoms with Crippen molar-refractivity contribution in [3.63, 3.8) is 0 Å². The Labute approximate surface area is 158 Å². The number of rotatable bonds is 5. The van der Waals surface area contributed by atoms with Gasteiger partial charge in [-0.15, -0.1) is 6.58 Å². The lowest BCUT2D eigenvalue weighted by Gasteiger charge is -2.03. The minimum absolute atomic E-state index is 0.118. The molecule has 0 fully saturated rings. The largest absolute Gasteiger partial charge is 0.312 e. The molecular formula is C22H24N2OS. The summed E-state index contributed by atoms with van der Waals surface area (Å²) in [7, 11) is 0. The Morgan fingerprint density at radius 3 is 2.54 bits per heavy atom. The molecule has 0 radical (unpaired) electrons. The molecule has 0 atom stereocenters. The fourth-order valence-corrected chi connectivity index (χ4v) is 4.22. The Bertz CT molecular complexity index is 1020. The quantitative estimate of drug-likeness (QED) is 0.602. The highest BCUT2D eigenvalue weighted by molar-refractivity contribution is 7.16. The molecule has 0 aliphatic carbocycles. The number of carbonyl (C=O) groups excluding carboxylic acids is 1. The van der Waals surface area contributed by atoms with Crippen LogP contribution in [0.1, 0.15) is 29.2 Å². The minimum atomic E-state index is -0.118. The summed E-state index contributed by atoms with van der Waals surface area (Å²) in [4.78, 5) is 17.7. The molecule has 1 heterocycles. The molecule has 3 nitrogen and oxygen atoms in total. The molecule has 2 aromatic carbocycles. The van der Waals surface area contributed by atoms with Crippen LogP contribution >= 0.6 is 11.3 Å². The number of carbonyl (C=O) groups is 1. The summed E-state index contributed by atoms with van der Waals surface area (Å²) in [6.45, 7) is 10.8. The molecule has 1 aromatic heterocycles. The molecule has 0 saturated heterocycles. The van der Waals surface area contributed by atoms with Gasteiger partial charge in [-0.3, -0.25) is 4.79 Å². The first-order valence-electron chi connectivity index (χ1n) is 8.88. The monoisotopic (exact) mass is 364 g/mol. The summed E-state index contributed by atoms with van der Waals surface area (Å²) >= 11 is 1.57. The molecule has 0 unspecified atom stereocenters.